The third kappa shape index (κ3) is 5.03. The maximum atomic E-state index is 4.33. The summed E-state index contributed by atoms with van der Waals surface area (Å²) >= 11 is 0. The lowest BCUT2D eigenvalue weighted by atomic mass is 9.85. The van der Waals surface area contributed by atoms with E-state index in [0.29, 0.717) is 6.04 Å². The van der Waals surface area contributed by atoms with E-state index >= 15 is 0 Å². The first-order chi connectivity index (χ1) is 14.9. The minimum absolute atomic E-state index is 0.570. The molecule has 164 valence electrons. The van der Waals surface area contributed by atoms with Crippen LogP contribution < -0.4 is 10.6 Å². The standard InChI is InChI=1S/C27H36N4/c1-19(2)28-26-18-24(11-9-20(26)3)29-21(4)22-10-12-25-23(17-22)7-6-8-27(25)31-15-13-30(5)14-16-31/h9-12,17-18,27-29H,1,4,6-8,13-16H2,2-3,5H3. The molecular formula is C27H36N4. The number of piperazine rings is 1. The molecule has 1 unspecified atom stereocenters. The van der Waals surface area contributed by atoms with E-state index < -0.39 is 0 Å². The molecule has 4 heteroatoms. The predicted molar refractivity (Wildman–Crippen MR) is 133 cm³/mol. The summed E-state index contributed by atoms with van der Waals surface area (Å²) in [4.78, 5) is 5.12. The van der Waals surface area contributed by atoms with E-state index in [-0.39, 0.29) is 0 Å². The van der Waals surface area contributed by atoms with Gasteiger partial charge >= 0.3 is 0 Å². The van der Waals surface area contributed by atoms with Crippen LogP contribution in [0.4, 0.5) is 11.4 Å². The number of aryl methyl sites for hydroxylation is 2. The van der Waals surface area contributed by atoms with E-state index in [1.807, 2.05) is 6.92 Å². The fourth-order valence-electron chi connectivity index (χ4n) is 4.80. The van der Waals surface area contributed by atoms with Crippen LogP contribution in [0.15, 0.2) is 55.3 Å². The monoisotopic (exact) mass is 416 g/mol. The summed E-state index contributed by atoms with van der Waals surface area (Å²) in [6, 6.07) is 13.9. The topological polar surface area (TPSA) is 30.5 Å². The number of hydrogen-bond donors (Lipinski definition) is 2. The molecule has 1 atom stereocenters. The quantitative estimate of drug-likeness (QED) is 0.637. The number of benzene rings is 2. The Hall–Kier alpha value is -2.56. The average Bonchev–Trinajstić information content (AvgIpc) is 2.75. The Morgan fingerprint density at radius 3 is 2.52 bits per heavy atom. The van der Waals surface area contributed by atoms with Gasteiger partial charge in [-0.1, -0.05) is 31.4 Å². The lowest BCUT2D eigenvalue weighted by Crippen LogP contribution is -2.46. The Morgan fingerprint density at radius 2 is 1.77 bits per heavy atom. The summed E-state index contributed by atoms with van der Waals surface area (Å²) in [6.07, 6.45) is 3.70. The van der Waals surface area contributed by atoms with E-state index in [0.717, 1.165) is 29.2 Å². The molecule has 0 aromatic heterocycles. The highest BCUT2D eigenvalue weighted by molar-refractivity contribution is 5.78. The normalized spacial score (nSPS) is 19.5. The van der Waals surface area contributed by atoms with Crippen LogP contribution in [0.25, 0.3) is 5.70 Å². The second-order valence-corrected chi connectivity index (χ2v) is 9.20. The van der Waals surface area contributed by atoms with Crippen molar-refractivity contribution in [1.82, 2.24) is 9.80 Å². The van der Waals surface area contributed by atoms with Crippen molar-refractivity contribution < 1.29 is 0 Å². The van der Waals surface area contributed by atoms with Crippen molar-refractivity contribution in [3.8, 4) is 0 Å². The third-order valence-corrected chi connectivity index (χ3v) is 6.63. The van der Waals surface area contributed by atoms with E-state index in [2.05, 4.69) is 84.0 Å². The molecule has 0 saturated carbocycles. The zero-order valence-corrected chi connectivity index (χ0v) is 19.3. The third-order valence-electron chi connectivity index (χ3n) is 6.63. The number of nitrogens with one attached hydrogen (secondary N) is 2. The second kappa shape index (κ2) is 9.29. The van der Waals surface area contributed by atoms with Crippen molar-refractivity contribution in [2.75, 3.05) is 43.9 Å². The van der Waals surface area contributed by atoms with Gasteiger partial charge in [0.05, 0.1) is 0 Å². The van der Waals surface area contributed by atoms with Gasteiger partial charge in [0.1, 0.15) is 0 Å². The van der Waals surface area contributed by atoms with Crippen LogP contribution in [0.3, 0.4) is 0 Å². The van der Waals surface area contributed by atoms with Gasteiger partial charge in [-0.25, -0.2) is 0 Å². The maximum absolute atomic E-state index is 4.33. The summed E-state index contributed by atoms with van der Waals surface area (Å²) < 4.78 is 0. The molecule has 0 spiro atoms. The van der Waals surface area contributed by atoms with Crippen molar-refractivity contribution in [3.63, 3.8) is 0 Å². The van der Waals surface area contributed by atoms with E-state index in [1.165, 1.54) is 61.3 Å². The highest BCUT2D eigenvalue weighted by atomic mass is 15.3. The fourth-order valence-corrected chi connectivity index (χ4v) is 4.80. The van der Waals surface area contributed by atoms with Crippen LogP contribution in [0.1, 0.15) is 48.1 Å². The average molecular weight is 417 g/mol. The molecule has 31 heavy (non-hydrogen) atoms. The number of nitrogens with zero attached hydrogens (tertiary/aromatic N) is 2. The molecule has 1 saturated heterocycles. The second-order valence-electron chi connectivity index (χ2n) is 9.20. The number of hydrogen-bond acceptors (Lipinski definition) is 4. The van der Waals surface area contributed by atoms with Crippen LogP contribution in [-0.4, -0.2) is 43.0 Å². The van der Waals surface area contributed by atoms with Gasteiger partial charge in [0, 0.05) is 55.0 Å². The Kier molecular flexibility index (Phi) is 6.49. The molecule has 0 radical (unpaired) electrons. The van der Waals surface area contributed by atoms with Crippen molar-refractivity contribution in [2.24, 2.45) is 0 Å². The van der Waals surface area contributed by atoms with Gasteiger partial charge < -0.3 is 15.5 Å². The molecule has 4 nitrogen and oxygen atoms in total. The van der Waals surface area contributed by atoms with Crippen molar-refractivity contribution in [2.45, 2.75) is 39.2 Å². The number of allylic oxidation sites excluding steroid dienone is 1. The first-order valence-electron chi connectivity index (χ1n) is 11.5. The Labute approximate surface area is 187 Å². The van der Waals surface area contributed by atoms with E-state index in [1.54, 1.807) is 0 Å². The van der Waals surface area contributed by atoms with E-state index in [9.17, 15) is 0 Å². The smallest absolute Gasteiger partial charge is 0.0432 e. The lowest BCUT2D eigenvalue weighted by Gasteiger charge is -2.40. The molecule has 1 aliphatic carbocycles. The van der Waals surface area contributed by atoms with Crippen molar-refractivity contribution >= 4 is 17.1 Å². The Morgan fingerprint density at radius 1 is 1.00 bits per heavy atom. The molecule has 1 heterocycles. The highest BCUT2D eigenvalue weighted by Crippen LogP contribution is 2.36. The van der Waals surface area contributed by atoms with E-state index in [4.69, 9.17) is 0 Å². The molecule has 2 aliphatic rings. The molecule has 2 aromatic rings. The molecular weight excluding hydrogens is 380 g/mol. The van der Waals surface area contributed by atoms with Gasteiger partial charge in [-0.15, -0.1) is 0 Å². The highest BCUT2D eigenvalue weighted by Gasteiger charge is 2.28. The molecule has 0 amide bonds. The summed E-state index contributed by atoms with van der Waals surface area (Å²) in [7, 11) is 2.22. The van der Waals surface area contributed by atoms with Crippen molar-refractivity contribution in [3.05, 3.63) is 77.5 Å². The molecule has 2 aromatic carbocycles. The largest absolute Gasteiger partial charge is 0.359 e. The zero-order valence-electron chi connectivity index (χ0n) is 19.3. The molecule has 4 rings (SSSR count). The Balaban J connectivity index is 1.50. The van der Waals surface area contributed by atoms with Crippen LogP contribution in [0, 0.1) is 6.92 Å². The summed E-state index contributed by atoms with van der Waals surface area (Å²) in [5.41, 5.74) is 9.37. The maximum Gasteiger partial charge on any atom is 0.0432 e. The van der Waals surface area contributed by atoms with Gasteiger partial charge in [-0.2, -0.15) is 0 Å². The van der Waals surface area contributed by atoms with Crippen LogP contribution in [0.2, 0.25) is 0 Å². The number of anilines is 2. The first kappa shape index (κ1) is 21.7. The van der Waals surface area contributed by atoms with Gasteiger partial charge in [0.15, 0.2) is 0 Å². The predicted octanol–water partition coefficient (Wildman–Crippen LogP) is 5.65. The number of likely N-dealkylation sites (N-methyl/N-ethyl adjacent to an activating group) is 1. The van der Waals surface area contributed by atoms with Crippen LogP contribution >= 0.6 is 0 Å². The van der Waals surface area contributed by atoms with Crippen LogP contribution in [0.5, 0.6) is 0 Å². The summed E-state index contributed by atoms with van der Waals surface area (Å²) in [5.74, 6) is 0. The SMILES string of the molecule is C=C(C)Nc1cc(NC(=C)c2ccc3c(c2)CCCC3N2CCN(C)CC2)ccc1C. The summed E-state index contributed by atoms with van der Waals surface area (Å²) in [5, 5.41) is 6.84. The fraction of sp³-hybridized carbons (Fsp3) is 0.407. The van der Waals surface area contributed by atoms with Gasteiger partial charge in [-0.05, 0) is 80.6 Å². The lowest BCUT2D eigenvalue weighted by molar-refractivity contribution is 0.102. The number of rotatable bonds is 6. The zero-order chi connectivity index (χ0) is 22.0. The minimum atomic E-state index is 0.570. The van der Waals surface area contributed by atoms with Crippen LogP contribution in [-0.2, 0) is 6.42 Å². The van der Waals surface area contributed by atoms with Crippen molar-refractivity contribution in [1.29, 1.82) is 0 Å². The van der Waals surface area contributed by atoms with Gasteiger partial charge in [-0.3, -0.25) is 4.90 Å². The first-order valence-corrected chi connectivity index (χ1v) is 11.5. The Bertz CT molecular complexity index is 969. The minimum Gasteiger partial charge on any atom is -0.359 e. The molecule has 1 aliphatic heterocycles. The molecule has 0 bridgehead atoms. The van der Waals surface area contributed by atoms with Gasteiger partial charge in [0.2, 0.25) is 0 Å². The summed E-state index contributed by atoms with van der Waals surface area (Å²) in [6.45, 7) is 17.1. The number of fused-ring (bicyclic) bond motifs is 1. The molecule has 2 N–H and O–H groups in total. The molecule has 1 fully saturated rings. The van der Waals surface area contributed by atoms with Gasteiger partial charge in [0.25, 0.3) is 0 Å².